The molecular formula is C10H11ClO3. The van der Waals surface area contributed by atoms with Gasteiger partial charge in [0.1, 0.15) is 0 Å². The van der Waals surface area contributed by atoms with Crippen LogP contribution in [-0.4, -0.2) is 16.2 Å². The predicted octanol–water partition coefficient (Wildman–Crippen LogP) is 2.16. The maximum absolute atomic E-state index is 10.4. The highest BCUT2D eigenvalue weighted by Crippen LogP contribution is 2.23. The lowest BCUT2D eigenvalue weighted by molar-refractivity contribution is -0.139. The molecule has 0 radical (unpaired) electrons. The predicted molar refractivity (Wildman–Crippen MR) is 53.4 cm³/mol. The molecule has 1 aromatic rings. The number of carboxylic acid groups (broad SMARTS) is 1. The zero-order valence-corrected chi connectivity index (χ0v) is 8.45. The molecule has 0 amide bonds. The molecule has 0 unspecified atom stereocenters. The summed E-state index contributed by atoms with van der Waals surface area (Å²) in [4.78, 5) is 10.4. The Kier molecular flexibility index (Phi) is 3.49. The van der Waals surface area contributed by atoms with E-state index in [9.17, 15) is 9.90 Å². The van der Waals surface area contributed by atoms with Gasteiger partial charge in [0, 0.05) is 5.02 Å². The smallest absolute Gasteiger partial charge is 0.306 e. The summed E-state index contributed by atoms with van der Waals surface area (Å²) < 4.78 is 0. The molecule has 2 N–H and O–H groups in total. The standard InChI is InChI=1S/C10H11ClO3/c1-6-4-7(11)2-3-8(6)9(12)5-10(13)14/h2-4,9,12H,5H2,1H3,(H,13,14)/t9-/m0/s1. The number of aliphatic hydroxyl groups is 1. The summed E-state index contributed by atoms with van der Waals surface area (Å²) in [6.45, 7) is 1.78. The highest BCUT2D eigenvalue weighted by molar-refractivity contribution is 6.30. The van der Waals surface area contributed by atoms with E-state index in [1.54, 1.807) is 25.1 Å². The lowest BCUT2D eigenvalue weighted by Crippen LogP contribution is -2.06. The van der Waals surface area contributed by atoms with Crippen molar-refractivity contribution in [3.63, 3.8) is 0 Å². The molecule has 0 aliphatic heterocycles. The van der Waals surface area contributed by atoms with Crippen molar-refractivity contribution in [1.82, 2.24) is 0 Å². The first-order chi connectivity index (χ1) is 6.50. The second-order valence-corrected chi connectivity index (χ2v) is 3.55. The summed E-state index contributed by atoms with van der Waals surface area (Å²) in [5.74, 6) is -1.02. The minimum Gasteiger partial charge on any atom is -0.481 e. The van der Waals surface area contributed by atoms with Crippen LogP contribution in [0.5, 0.6) is 0 Å². The van der Waals surface area contributed by atoms with E-state index in [0.29, 0.717) is 10.6 Å². The van der Waals surface area contributed by atoms with Crippen molar-refractivity contribution in [2.45, 2.75) is 19.4 Å². The minimum atomic E-state index is -1.02. The third kappa shape index (κ3) is 2.72. The first-order valence-electron chi connectivity index (χ1n) is 4.16. The molecule has 0 saturated carbocycles. The summed E-state index contributed by atoms with van der Waals surface area (Å²) in [6.07, 6.45) is -1.26. The van der Waals surface area contributed by atoms with Crippen LogP contribution in [0.25, 0.3) is 0 Å². The number of rotatable bonds is 3. The summed E-state index contributed by atoms with van der Waals surface area (Å²) in [6, 6.07) is 4.97. The number of hydrogen-bond acceptors (Lipinski definition) is 2. The summed E-state index contributed by atoms with van der Waals surface area (Å²) >= 11 is 5.73. The average molecular weight is 215 g/mol. The van der Waals surface area contributed by atoms with Gasteiger partial charge >= 0.3 is 5.97 Å². The Morgan fingerprint density at radius 1 is 1.57 bits per heavy atom. The Balaban J connectivity index is 2.90. The molecule has 0 spiro atoms. The van der Waals surface area contributed by atoms with Crippen LogP contribution in [0.2, 0.25) is 5.02 Å². The normalized spacial score (nSPS) is 12.5. The van der Waals surface area contributed by atoms with E-state index in [1.807, 2.05) is 0 Å². The molecule has 0 aliphatic rings. The van der Waals surface area contributed by atoms with Crippen molar-refractivity contribution in [2.24, 2.45) is 0 Å². The molecule has 76 valence electrons. The zero-order valence-electron chi connectivity index (χ0n) is 7.70. The molecule has 0 bridgehead atoms. The van der Waals surface area contributed by atoms with Crippen LogP contribution in [0.1, 0.15) is 23.7 Å². The number of aliphatic hydroxyl groups excluding tert-OH is 1. The summed E-state index contributed by atoms with van der Waals surface area (Å²) in [7, 11) is 0. The second-order valence-electron chi connectivity index (χ2n) is 3.11. The van der Waals surface area contributed by atoms with Crippen LogP contribution in [0.15, 0.2) is 18.2 Å². The van der Waals surface area contributed by atoms with Gasteiger partial charge in [-0.1, -0.05) is 17.7 Å². The van der Waals surface area contributed by atoms with E-state index in [4.69, 9.17) is 16.7 Å². The Morgan fingerprint density at radius 3 is 2.71 bits per heavy atom. The van der Waals surface area contributed by atoms with Gasteiger partial charge in [-0.05, 0) is 30.2 Å². The first-order valence-corrected chi connectivity index (χ1v) is 4.54. The third-order valence-electron chi connectivity index (χ3n) is 1.96. The van der Waals surface area contributed by atoms with E-state index >= 15 is 0 Å². The number of carbonyl (C=O) groups is 1. The molecule has 1 rings (SSSR count). The number of aryl methyl sites for hydroxylation is 1. The van der Waals surface area contributed by atoms with Gasteiger partial charge in [0.15, 0.2) is 0 Å². The van der Waals surface area contributed by atoms with Crippen LogP contribution in [0.3, 0.4) is 0 Å². The van der Waals surface area contributed by atoms with Crippen LogP contribution in [-0.2, 0) is 4.79 Å². The molecule has 14 heavy (non-hydrogen) atoms. The van der Waals surface area contributed by atoms with Crippen molar-refractivity contribution in [3.8, 4) is 0 Å². The fourth-order valence-electron chi connectivity index (χ4n) is 1.29. The SMILES string of the molecule is Cc1cc(Cl)ccc1[C@@H](O)CC(=O)O. The van der Waals surface area contributed by atoms with Crippen LogP contribution < -0.4 is 0 Å². The van der Waals surface area contributed by atoms with Gasteiger partial charge in [-0.15, -0.1) is 0 Å². The molecule has 0 aliphatic carbocycles. The maximum atomic E-state index is 10.4. The molecule has 4 heteroatoms. The maximum Gasteiger partial charge on any atom is 0.306 e. The Hall–Kier alpha value is -1.06. The van der Waals surface area contributed by atoms with Crippen LogP contribution >= 0.6 is 11.6 Å². The molecule has 0 aromatic heterocycles. The number of halogens is 1. The molecular weight excluding hydrogens is 204 g/mol. The van der Waals surface area contributed by atoms with Gasteiger partial charge in [-0.25, -0.2) is 0 Å². The van der Waals surface area contributed by atoms with E-state index in [-0.39, 0.29) is 6.42 Å². The number of hydrogen-bond donors (Lipinski definition) is 2. The fraction of sp³-hybridized carbons (Fsp3) is 0.300. The summed E-state index contributed by atoms with van der Waals surface area (Å²) in [5.41, 5.74) is 1.41. The van der Waals surface area contributed by atoms with Crippen molar-refractivity contribution in [1.29, 1.82) is 0 Å². The lowest BCUT2D eigenvalue weighted by atomic mass is 10.0. The molecule has 0 fully saturated rings. The molecule has 1 aromatic carbocycles. The summed E-state index contributed by atoms with van der Waals surface area (Å²) in [5, 5.41) is 18.6. The number of carboxylic acids is 1. The van der Waals surface area contributed by atoms with Gasteiger partial charge in [-0.2, -0.15) is 0 Å². The second kappa shape index (κ2) is 4.44. The minimum absolute atomic E-state index is 0.289. The number of aliphatic carboxylic acids is 1. The van der Waals surface area contributed by atoms with E-state index in [1.165, 1.54) is 0 Å². The lowest BCUT2D eigenvalue weighted by Gasteiger charge is -2.11. The topological polar surface area (TPSA) is 57.5 Å². The molecule has 0 saturated heterocycles. The Morgan fingerprint density at radius 2 is 2.21 bits per heavy atom. The van der Waals surface area contributed by atoms with Gasteiger partial charge in [-0.3, -0.25) is 4.79 Å². The Bertz CT molecular complexity index is 349. The largest absolute Gasteiger partial charge is 0.481 e. The first kappa shape index (κ1) is 11.0. The van der Waals surface area contributed by atoms with Crippen molar-refractivity contribution < 1.29 is 15.0 Å². The zero-order chi connectivity index (χ0) is 10.7. The van der Waals surface area contributed by atoms with E-state index in [2.05, 4.69) is 0 Å². The van der Waals surface area contributed by atoms with Gasteiger partial charge in [0.2, 0.25) is 0 Å². The molecule has 3 nitrogen and oxygen atoms in total. The van der Waals surface area contributed by atoms with Gasteiger partial charge < -0.3 is 10.2 Å². The van der Waals surface area contributed by atoms with Gasteiger partial charge in [0.05, 0.1) is 12.5 Å². The Labute approximate surface area is 86.9 Å². The van der Waals surface area contributed by atoms with Crippen molar-refractivity contribution in [2.75, 3.05) is 0 Å². The molecule has 0 heterocycles. The van der Waals surface area contributed by atoms with E-state index < -0.39 is 12.1 Å². The van der Waals surface area contributed by atoms with Crippen LogP contribution in [0, 0.1) is 6.92 Å². The van der Waals surface area contributed by atoms with Crippen molar-refractivity contribution in [3.05, 3.63) is 34.3 Å². The monoisotopic (exact) mass is 214 g/mol. The average Bonchev–Trinajstić information content (AvgIpc) is 2.01. The highest BCUT2D eigenvalue weighted by atomic mass is 35.5. The van der Waals surface area contributed by atoms with E-state index in [0.717, 1.165) is 5.56 Å². The van der Waals surface area contributed by atoms with Crippen molar-refractivity contribution >= 4 is 17.6 Å². The quantitative estimate of drug-likeness (QED) is 0.811. The fourth-order valence-corrected chi connectivity index (χ4v) is 1.52. The highest BCUT2D eigenvalue weighted by Gasteiger charge is 2.13. The third-order valence-corrected chi connectivity index (χ3v) is 2.19. The van der Waals surface area contributed by atoms with Gasteiger partial charge in [0.25, 0.3) is 0 Å². The van der Waals surface area contributed by atoms with Crippen LogP contribution in [0.4, 0.5) is 0 Å². The molecule has 1 atom stereocenters. The number of benzene rings is 1.